The van der Waals surface area contributed by atoms with Crippen LogP contribution < -0.4 is 39.3 Å². The van der Waals surface area contributed by atoms with Gasteiger partial charge in [-0.1, -0.05) is 36.4 Å². The van der Waals surface area contributed by atoms with Crippen LogP contribution in [-0.2, 0) is 20.7 Å². The molecule has 2 bridgehead atoms. The van der Waals surface area contributed by atoms with Gasteiger partial charge in [-0.3, -0.25) is 14.9 Å². The monoisotopic (exact) mass is 789 g/mol. The lowest BCUT2D eigenvalue weighted by Crippen LogP contribution is -3.00. The van der Waals surface area contributed by atoms with Gasteiger partial charge in [0.1, 0.15) is 36.1 Å². The van der Waals surface area contributed by atoms with Crippen molar-refractivity contribution >= 4 is 45.6 Å². The summed E-state index contributed by atoms with van der Waals surface area (Å²) in [5, 5.41) is 5.89. The number of carbonyl (C=O) groups is 3. The average Bonchev–Trinajstić information content (AvgIpc) is 3.78. The van der Waals surface area contributed by atoms with Crippen LogP contribution in [0.5, 0.6) is 5.75 Å². The number of ether oxygens (including phenoxy) is 3. The molecule has 238 valence electrons. The second kappa shape index (κ2) is 13.8. The first kappa shape index (κ1) is 33.4. The van der Waals surface area contributed by atoms with E-state index in [4.69, 9.17) is 14.2 Å². The van der Waals surface area contributed by atoms with Crippen molar-refractivity contribution in [3.8, 4) is 16.9 Å². The SMILES string of the molecule is COc1cc(NC(=O)CCCc2ccc(NC(=O)O[C@@H]3C[C@@H]4[C@H]5O[C@H]5[C@H](C3)[N+]4(C)C)c(-c3ccccc3)c2)c(Br)cc1C=O.[I-]. The lowest BCUT2D eigenvalue weighted by molar-refractivity contribution is -0.938. The summed E-state index contributed by atoms with van der Waals surface area (Å²) in [4.78, 5) is 37.1. The zero-order valence-electron chi connectivity index (χ0n) is 25.4. The number of anilines is 2. The molecule has 0 radical (unpaired) electrons. The normalized spacial score (nSPS) is 23.6. The third-order valence-corrected chi connectivity index (χ3v) is 9.96. The Labute approximate surface area is 288 Å². The standard InChI is InChI=1S/C34H36BrN3O6.HI/c1-38(2)28-16-23(17-29(38)33-32(28)44-33)43-34(41)37-26-13-12-20(14-24(26)21-9-5-4-6-10-21)8-7-11-31(40)36-27-18-30(42-3)22(19-39)15-25(27)35;/h4-6,9-10,12-15,18-19,23,28-29,32-33H,7-8,11,16-17H2,1-3H3,(H-,36,37,39,40,41);1H/t23-,28-,29+,32-,33+;. The summed E-state index contributed by atoms with van der Waals surface area (Å²) in [6.45, 7) is 0. The van der Waals surface area contributed by atoms with Gasteiger partial charge in [0.25, 0.3) is 0 Å². The Bertz CT molecular complexity index is 1570. The van der Waals surface area contributed by atoms with Gasteiger partial charge >= 0.3 is 6.09 Å². The number of epoxide rings is 1. The largest absolute Gasteiger partial charge is 1.00 e. The van der Waals surface area contributed by atoms with Gasteiger partial charge in [-0.2, -0.15) is 0 Å². The quantitative estimate of drug-likeness (QED) is 0.142. The molecule has 0 spiro atoms. The first-order valence-corrected chi connectivity index (χ1v) is 15.7. The molecule has 3 aromatic carbocycles. The third-order valence-electron chi connectivity index (χ3n) is 9.31. The van der Waals surface area contributed by atoms with E-state index < -0.39 is 6.09 Å². The number of aryl methyl sites for hydroxylation is 1. The molecular weight excluding hydrogens is 753 g/mol. The number of hydrogen-bond acceptors (Lipinski definition) is 6. The van der Waals surface area contributed by atoms with E-state index in [1.165, 1.54) is 7.11 Å². The first-order valence-electron chi connectivity index (χ1n) is 14.9. The maximum atomic E-state index is 13.1. The molecular formula is C34H37BrIN3O6. The van der Waals surface area contributed by atoms with Gasteiger partial charge in [0.15, 0.2) is 6.29 Å². The van der Waals surface area contributed by atoms with Crippen molar-refractivity contribution < 1.29 is 57.1 Å². The Kier molecular flexibility index (Phi) is 10.2. The number of morpholine rings is 1. The zero-order chi connectivity index (χ0) is 31.0. The van der Waals surface area contributed by atoms with Gasteiger partial charge in [0, 0.05) is 35.4 Å². The van der Waals surface area contributed by atoms with Gasteiger partial charge in [-0.15, -0.1) is 0 Å². The van der Waals surface area contributed by atoms with Crippen molar-refractivity contribution in [3.63, 3.8) is 0 Å². The van der Waals surface area contributed by atoms with E-state index in [1.807, 2.05) is 42.5 Å². The Hall–Kier alpha value is -3.00. The van der Waals surface area contributed by atoms with Gasteiger partial charge in [-0.25, -0.2) is 4.79 Å². The first-order chi connectivity index (χ1) is 21.2. The number of methoxy groups -OCH3 is 1. The number of amides is 2. The fourth-order valence-electron chi connectivity index (χ4n) is 6.90. The van der Waals surface area contributed by atoms with Gasteiger partial charge in [0.2, 0.25) is 5.91 Å². The Morgan fingerprint density at radius 3 is 2.38 bits per heavy atom. The lowest BCUT2D eigenvalue weighted by atomic mass is 9.96. The highest BCUT2D eigenvalue weighted by molar-refractivity contribution is 9.10. The number of nitrogens with one attached hydrogen (secondary N) is 2. The van der Waals surface area contributed by atoms with E-state index >= 15 is 0 Å². The smallest absolute Gasteiger partial charge is 0.411 e. The molecule has 3 aliphatic rings. The number of benzene rings is 3. The van der Waals surface area contributed by atoms with Crippen molar-refractivity contribution in [3.05, 3.63) is 76.3 Å². The second-order valence-corrected chi connectivity index (χ2v) is 13.1. The predicted octanol–water partition coefficient (Wildman–Crippen LogP) is 3.21. The van der Waals surface area contributed by atoms with E-state index in [9.17, 15) is 14.4 Å². The third kappa shape index (κ3) is 7.06. The molecule has 0 aliphatic carbocycles. The molecule has 5 atom stereocenters. The van der Waals surface area contributed by atoms with Crippen molar-refractivity contribution in [1.82, 2.24) is 0 Å². The maximum Gasteiger partial charge on any atom is 0.411 e. The number of aldehydes is 1. The number of fused-ring (bicyclic) bond motifs is 5. The maximum absolute atomic E-state index is 13.1. The zero-order valence-corrected chi connectivity index (χ0v) is 29.2. The molecule has 2 amide bonds. The number of rotatable bonds is 10. The molecule has 0 unspecified atom stereocenters. The van der Waals surface area contributed by atoms with Gasteiger partial charge < -0.3 is 48.0 Å². The van der Waals surface area contributed by atoms with E-state index in [2.05, 4.69) is 46.7 Å². The van der Waals surface area contributed by atoms with Gasteiger partial charge in [0.05, 0.1) is 38.1 Å². The molecule has 11 heteroatoms. The number of piperidine rings is 1. The van der Waals surface area contributed by atoms with Crippen LogP contribution in [0.3, 0.4) is 0 Å². The lowest BCUT2D eigenvalue weighted by Gasteiger charge is -2.45. The van der Waals surface area contributed by atoms with Crippen molar-refractivity contribution in [2.45, 2.75) is 62.5 Å². The highest BCUT2D eigenvalue weighted by atomic mass is 127. The Morgan fingerprint density at radius 2 is 1.71 bits per heavy atom. The molecule has 3 heterocycles. The summed E-state index contributed by atoms with van der Waals surface area (Å²) in [5.41, 5.74) is 4.55. The minimum Gasteiger partial charge on any atom is -1.00 e. The Morgan fingerprint density at radius 1 is 1.00 bits per heavy atom. The van der Waals surface area contributed by atoms with E-state index in [-0.39, 0.29) is 36.0 Å². The molecule has 45 heavy (non-hydrogen) atoms. The molecule has 6 rings (SSSR count). The van der Waals surface area contributed by atoms with Crippen LogP contribution in [0, 0.1) is 0 Å². The molecule has 3 saturated heterocycles. The van der Waals surface area contributed by atoms with Crippen LogP contribution in [0.2, 0.25) is 0 Å². The summed E-state index contributed by atoms with van der Waals surface area (Å²) < 4.78 is 18.6. The topological polar surface area (TPSA) is 106 Å². The summed E-state index contributed by atoms with van der Waals surface area (Å²) in [6.07, 6.45) is 3.98. The van der Waals surface area contributed by atoms with Gasteiger partial charge in [-0.05, 0) is 58.1 Å². The summed E-state index contributed by atoms with van der Waals surface area (Å²) in [5.74, 6) is 0.253. The van der Waals surface area contributed by atoms with Crippen LogP contribution in [0.25, 0.3) is 11.1 Å². The van der Waals surface area contributed by atoms with Crippen molar-refractivity contribution in [2.24, 2.45) is 0 Å². The molecule has 9 nitrogen and oxygen atoms in total. The predicted molar refractivity (Wildman–Crippen MR) is 171 cm³/mol. The molecule has 3 fully saturated rings. The highest BCUT2D eigenvalue weighted by Crippen LogP contribution is 2.51. The number of hydrogen-bond donors (Lipinski definition) is 2. The van der Waals surface area contributed by atoms with E-state index in [1.54, 1.807) is 12.1 Å². The minimum atomic E-state index is -0.443. The van der Waals surface area contributed by atoms with E-state index in [0.29, 0.717) is 77.0 Å². The fourth-order valence-corrected chi connectivity index (χ4v) is 7.36. The van der Waals surface area contributed by atoms with Crippen molar-refractivity contribution in [1.29, 1.82) is 0 Å². The number of likely N-dealkylation sites (N-methyl/N-ethyl adjacent to an activating group) is 1. The average molecular weight is 790 g/mol. The summed E-state index contributed by atoms with van der Waals surface area (Å²) >= 11 is 3.41. The summed E-state index contributed by atoms with van der Waals surface area (Å²) in [7, 11) is 5.99. The van der Waals surface area contributed by atoms with Crippen LogP contribution in [0.15, 0.2) is 65.1 Å². The van der Waals surface area contributed by atoms with E-state index in [0.717, 1.165) is 34.0 Å². The van der Waals surface area contributed by atoms with Crippen LogP contribution >= 0.6 is 15.9 Å². The Balaban J connectivity index is 0.00000400. The van der Waals surface area contributed by atoms with Crippen LogP contribution in [-0.4, -0.2) is 74.4 Å². The number of nitrogens with zero attached hydrogens (tertiary/aromatic N) is 1. The van der Waals surface area contributed by atoms with Crippen molar-refractivity contribution in [2.75, 3.05) is 31.8 Å². The molecule has 0 aromatic heterocycles. The number of quaternary nitrogens is 1. The highest BCUT2D eigenvalue weighted by Gasteiger charge is 2.70. The molecule has 0 saturated carbocycles. The van der Waals surface area contributed by atoms with Crippen LogP contribution in [0.4, 0.5) is 16.2 Å². The molecule has 3 aromatic rings. The number of carbonyl (C=O) groups excluding carboxylic acids is 3. The second-order valence-electron chi connectivity index (χ2n) is 12.3. The summed E-state index contributed by atoms with van der Waals surface area (Å²) in [6, 6.07) is 19.8. The number of halogens is 2. The van der Waals surface area contributed by atoms with Crippen LogP contribution in [0.1, 0.15) is 41.6 Å². The molecule has 3 aliphatic heterocycles. The fraction of sp³-hybridized carbons (Fsp3) is 0.382. The molecule has 2 N–H and O–H groups in total. The minimum absolute atomic E-state index is 0.